The highest BCUT2D eigenvalue weighted by atomic mass is 16.2. The lowest BCUT2D eigenvalue weighted by Gasteiger charge is -2.33. The van der Waals surface area contributed by atoms with E-state index in [0.717, 1.165) is 36.8 Å². The van der Waals surface area contributed by atoms with Gasteiger partial charge in [-0.05, 0) is 63.3 Å². The van der Waals surface area contributed by atoms with E-state index in [2.05, 4.69) is 29.1 Å². The van der Waals surface area contributed by atoms with Crippen LogP contribution in [0.3, 0.4) is 0 Å². The predicted octanol–water partition coefficient (Wildman–Crippen LogP) is 3.36. The SMILES string of the molecule is C[C@@H]1c2nc(C3CC3)nn2CCN1C(=O)c1ccc(N2CCCCC2)cc1. The fourth-order valence-corrected chi connectivity index (χ4v) is 4.31. The fraction of sp³-hybridized carbons (Fsp3) is 0.571. The second-order valence-corrected chi connectivity index (χ2v) is 8.09. The van der Waals surface area contributed by atoms with Crippen LogP contribution in [0.4, 0.5) is 5.69 Å². The van der Waals surface area contributed by atoms with E-state index in [4.69, 9.17) is 4.98 Å². The Morgan fingerprint density at radius 1 is 1.00 bits per heavy atom. The summed E-state index contributed by atoms with van der Waals surface area (Å²) in [7, 11) is 0. The van der Waals surface area contributed by atoms with E-state index in [1.165, 1.54) is 37.8 Å². The van der Waals surface area contributed by atoms with Crippen molar-refractivity contribution in [1.29, 1.82) is 0 Å². The molecule has 6 nitrogen and oxygen atoms in total. The lowest BCUT2D eigenvalue weighted by molar-refractivity contribution is 0.0631. The van der Waals surface area contributed by atoms with E-state index in [-0.39, 0.29) is 11.9 Å². The molecule has 6 heteroatoms. The Balaban J connectivity index is 1.32. The highest BCUT2D eigenvalue weighted by Crippen LogP contribution is 2.39. The molecule has 0 spiro atoms. The van der Waals surface area contributed by atoms with Crippen molar-refractivity contribution < 1.29 is 4.79 Å². The number of carbonyl (C=O) groups excluding carboxylic acids is 1. The van der Waals surface area contributed by atoms with Gasteiger partial charge in [-0.15, -0.1) is 0 Å². The van der Waals surface area contributed by atoms with Crippen LogP contribution in [0.5, 0.6) is 0 Å². The molecule has 142 valence electrons. The van der Waals surface area contributed by atoms with Crippen LogP contribution >= 0.6 is 0 Å². The smallest absolute Gasteiger partial charge is 0.254 e. The lowest BCUT2D eigenvalue weighted by Crippen LogP contribution is -2.41. The summed E-state index contributed by atoms with van der Waals surface area (Å²) >= 11 is 0. The van der Waals surface area contributed by atoms with E-state index in [9.17, 15) is 4.79 Å². The fourth-order valence-electron chi connectivity index (χ4n) is 4.31. The number of piperidine rings is 1. The minimum atomic E-state index is -0.0342. The molecule has 27 heavy (non-hydrogen) atoms. The third kappa shape index (κ3) is 3.11. The molecule has 0 radical (unpaired) electrons. The van der Waals surface area contributed by atoms with Crippen molar-refractivity contribution in [2.75, 3.05) is 24.5 Å². The summed E-state index contributed by atoms with van der Waals surface area (Å²) in [5, 5.41) is 4.66. The second-order valence-electron chi connectivity index (χ2n) is 8.09. The van der Waals surface area contributed by atoms with Crippen LogP contribution in [0.1, 0.15) is 73.0 Å². The molecular formula is C21H27N5O. The molecule has 1 atom stereocenters. The van der Waals surface area contributed by atoms with E-state index >= 15 is 0 Å². The summed E-state index contributed by atoms with van der Waals surface area (Å²) in [4.78, 5) is 22.2. The first-order valence-corrected chi connectivity index (χ1v) is 10.3. The Bertz CT molecular complexity index is 833. The number of hydrogen-bond acceptors (Lipinski definition) is 4. The van der Waals surface area contributed by atoms with Gasteiger partial charge in [0.25, 0.3) is 5.91 Å². The zero-order valence-electron chi connectivity index (χ0n) is 16.0. The largest absolute Gasteiger partial charge is 0.372 e. The first-order valence-electron chi connectivity index (χ1n) is 10.3. The van der Waals surface area contributed by atoms with Crippen molar-refractivity contribution in [3.8, 4) is 0 Å². The molecule has 5 rings (SSSR count). The number of carbonyl (C=O) groups is 1. The van der Waals surface area contributed by atoms with Crippen molar-refractivity contribution in [3.63, 3.8) is 0 Å². The number of fused-ring (bicyclic) bond motifs is 1. The number of amides is 1. The summed E-state index contributed by atoms with van der Waals surface area (Å²) in [5.41, 5.74) is 1.99. The average molecular weight is 365 g/mol. The maximum absolute atomic E-state index is 13.1. The molecule has 1 aliphatic carbocycles. The van der Waals surface area contributed by atoms with Gasteiger partial charge in [-0.3, -0.25) is 4.79 Å². The summed E-state index contributed by atoms with van der Waals surface area (Å²) < 4.78 is 2.00. The highest BCUT2D eigenvalue weighted by molar-refractivity contribution is 5.94. The summed E-state index contributed by atoms with van der Waals surface area (Å²) in [6.45, 7) is 5.73. The van der Waals surface area contributed by atoms with Crippen LogP contribution in [-0.2, 0) is 6.54 Å². The van der Waals surface area contributed by atoms with E-state index in [1.54, 1.807) is 0 Å². The Morgan fingerprint density at radius 3 is 2.44 bits per heavy atom. The Kier molecular flexibility index (Phi) is 4.14. The molecule has 3 aliphatic rings. The number of hydrogen-bond donors (Lipinski definition) is 0. The van der Waals surface area contributed by atoms with E-state index in [0.29, 0.717) is 12.5 Å². The van der Waals surface area contributed by atoms with Crippen molar-refractivity contribution in [2.24, 2.45) is 0 Å². The molecule has 0 bridgehead atoms. The molecule has 1 amide bonds. The van der Waals surface area contributed by atoms with Gasteiger partial charge in [0.05, 0.1) is 12.6 Å². The summed E-state index contributed by atoms with van der Waals surface area (Å²) in [6.07, 6.45) is 6.24. The maximum atomic E-state index is 13.1. The molecule has 2 aliphatic heterocycles. The monoisotopic (exact) mass is 365 g/mol. The van der Waals surface area contributed by atoms with Crippen molar-refractivity contribution in [2.45, 2.75) is 57.5 Å². The van der Waals surface area contributed by atoms with Crippen LogP contribution in [0.25, 0.3) is 0 Å². The Morgan fingerprint density at radius 2 is 1.74 bits per heavy atom. The van der Waals surface area contributed by atoms with E-state index in [1.807, 2.05) is 21.7 Å². The van der Waals surface area contributed by atoms with Crippen LogP contribution < -0.4 is 4.90 Å². The highest BCUT2D eigenvalue weighted by Gasteiger charge is 2.34. The molecule has 2 aromatic rings. The van der Waals surface area contributed by atoms with Gasteiger partial charge in [-0.1, -0.05) is 0 Å². The molecule has 1 aromatic carbocycles. The normalized spacial score (nSPS) is 22.6. The molecule has 1 saturated heterocycles. The van der Waals surface area contributed by atoms with Gasteiger partial charge in [-0.25, -0.2) is 9.67 Å². The van der Waals surface area contributed by atoms with Crippen LogP contribution in [0, 0.1) is 0 Å². The van der Waals surface area contributed by atoms with Gasteiger partial charge in [0.2, 0.25) is 0 Å². The first-order chi connectivity index (χ1) is 13.2. The molecule has 0 unspecified atom stereocenters. The van der Waals surface area contributed by atoms with Crippen molar-refractivity contribution >= 4 is 11.6 Å². The number of nitrogens with zero attached hydrogens (tertiary/aromatic N) is 5. The van der Waals surface area contributed by atoms with Gasteiger partial charge in [-0.2, -0.15) is 5.10 Å². The average Bonchev–Trinajstić information content (AvgIpc) is 3.48. The number of anilines is 1. The van der Waals surface area contributed by atoms with Crippen LogP contribution in [0.15, 0.2) is 24.3 Å². The van der Waals surface area contributed by atoms with Crippen LogP contribution in [-0.4, -0.2) is 45.2 Å². The van der Waals surface area contributed by atoms with Crippen LogP contribution in [0.2, 0.25) is 0 Å². The molecule has 2 fully saturated rings. The van der Waals surface area contributed by atoms with Gasteiger partial charge in [0.15, 0.2) is 5.82 Å². The lowest BCUT2D eigenvalue weighted by atomic mass is 10.1. The zero-order chi connectivity index (χ0) is 18.4. The third-order valence-corrected chi connectivity index (χ3v) is 6.15. The molecule has 1 saturated carbocycles. The van der Waals surface area contributed by atoms with Gasteiger partial charge < -0.3 is 9.80 Å². The number of rotatable bonds is 3. The van der Waals surface area contributed by atoms with Crippen molar-refractivity contribution in [3.05, 3.63) is 41.5 Å². The number of aromatic nitrogens is 3. The summed E-state index contributed by atoms with van der Waals surface area (Å²) in [5.74, 6) is 2.54. The van der Waals surface area contributed by atoms with Gasteiger partial charge >= 0.3 is 0 Å². The standard InChI is InChI=1S/C21H27N5O/c1-15-20-22-19(16-5-6-16)23-26(20)14-13-25(15)21(27)17-7-9-18(10-8-17)24-11-3-2-4-12-24/h7-10,15-16H,2-6,11-14H2,1H3/t15-/m1/s1. The van der Waals surface area contributed by atoms with Gasteiger partial charge in [0.1, 0.15) is 5.82 Å². The first kappa shape index (κ1) is 16.8. The third-order valence-electron chi connectivity index (χ3n) is 6.15. The number of benzene rings is 1. The summed E-state index contributed by atoms with van der Waals surface area (Å²) in [6, 6.07) is 8.12. The molecule has 1 aromatic heterocycles. The minimum absolute atomic E-state index is 0.0342. The predicted molar refractivity (Wildman–Crippen MR) is 104 cm³/mol. The van der Waals surface area contributed by atoms with E-state index < -0.39 is 0 Å². The second kappa shape index (κ2) is 6.66. The van der Waals surface area contributed by atoms with Crippen molar-refractivity contribution in [1.82, 2.24) is 19.7 Å². The molecule has 3 heterocycles. The molecular weight excluding hydrogens is 338 g/mol. The Hall–Kier alpha value is -2.37. The maximum Gasteiger partial charge on any atom is 0.254 e. The minimum Gasteiger partial charge on any atom is -0.372 e. The quantitative estimate of drug-likeness (QED) is 0.837. The molecule has 0 N–H and O–H groups in total. The topological polar surface area (TPSA) is 54.3 Å². The van der Waals surface area contributed by atoms with Gasteiger partial charge in [0, 0.05) is 36.8 Å². The zero-order valence-corrected chi connectivity index (χ0v) is 16.0. The Labute approximate surface area is 160 Å².